The van der Waals surface area contributed by atoms with Crippen LogP contribution in [0.1, 0.15) is 11.1 Å². The number of benzene rings is 1. The lowest BCUT2D eigenvalue weighted by Gasteiger charge is -2.15. The van der Waals surface area contributed by atoms with Crippen LogP contribution < -0.4 is 5.32 Å². The summed E-state index contributed by atoms with van der Waals surface area (Å²) in [6.07, 6.45) is 0. The van der Waals surface area contributed by atoms with Gasteiger partial charge >= 0.3 is 0 Å². The molecule has 0 saturated heterocycles. The van der Waals surface area contributed by atoms with E-state index in [0.717, 1.165) is 24.6 Å². The molecule has 0 bridgehead atoms. The van der Waals surface area contributed by atoms with Crippen molar-refractivity contribution >= 4 is 29.9 Å². The van der Waals surface area contributed by atoms with E-state index in [1.54, 1.807) is 19.1 Å². The molecule has 0 radical (unpaired) electrons. The normalized spacial score (nSPS) is 14.3. The van der Waals surface area contributed by atoms with Crippen molar-refractivity contribution in [3.8, 4) is 0 Å². The summed E-state index contributed by atoms with van der Waals surface area (Å²) < 4.78 is 13.3. The molecule has 1 aromatic rings. The standard InChI is InChI=1S/C12H16FN3.HI/c1-9-3-4-10(7-11(9)13)8-15-12-14-5-6-16(12)2;/h3-4,7H,5-6,8H2,1-2H3,(H,14,15);1H. The molecule has 0 spiro atoms. The number of likely N-dealkylation sites (N-methyl/N-ethyl adjacent to an activating group) is 1. The number of aryl methyl sites for hydroxylation is 1. The fraction of sp³-hybridized carbons (Fsp3) is 0.417. The average molecular weight is 349 g/mol. The largest absolute Gasteiger partial charge is 0.352 e. The van der Waals surface area contributed by atoms with E-state index < -0.39 is 0 Å². The van der Waals surface area contributed by atoms with Crippen LogP contribution >= 0.6 is 24.0 Å². The van der Waals surface area contributed by atoms with E-state index in [1.807, 2.05) is 13.1 Å². The summed E-state index contributed by atoms with van der Waals surface area (Å²) in [5.74, 6) is 0.738. The van der Waals surface area contributed by atoms with E-state index in [2.05, 4.69) is 15.2 Å². The van der Waals surface area contributed by atoms with E-state index in [4.69, 9.17) is 0 Å². The third-order valence-corrected chi connectivity index (χ3v) is 2.75. The van der Waals surface area contributed by atoms with Gasteiger partial charge in [-0.25, -0.2) is 4.39 Å². The van der Waals surface area contributed by atoms with E-state index in [9.17, 15) is 4.39 Å². The van der Waals surface area contributed by atoms with Crippen LogP contribution in [0.2, 0.25) is 0 Å². The zero-order chi connectivity index (χ0) is 11.5. The smallest absolute Gasteiger partial charge is 0.194 e. The Labute approximate surface area is 118 Å². The summed E-state index contributed by atoms with van der Waals surface area (Å²) in [6, 6.07) is 5.30. The molecule has 1 heterocycles. The van der Waals surface area contributed by atoms with Crippen LogP contribution in [-0.4, -0.2) is 31.0 Å². The lowest BCUT2D eigenvalue weighted by atomic mass is 10.1. The number of guanidine groups is 1. The van der Waals surface area contributed by atoms with Crippen molar-refractivity contribution in [2.24, 2.45) is 4.99 Å². The van der Waals surface area contributed by atoms with E-state index in [0.29, 0.717) is 12.1 Å². The SMILES string of the molecule is Cc1ccc(CNC2=NCCN2C)cc1F.I. The summed E-state index contributed by atoms with van der Waals surface area (Å²) in [7, 11) is 1.99. The molecule has 94 valence electrons. The molecule has 0 amide bonds. The van der Waals surface area contributed by atoms with Gasteiger partial charge in [-0.05, 0) is 24.1 Å². The highest BCUT2D eigenvalue weighted by Gasteiger charge is 2.11. The minimum Gasteiger partial charge on any atom is -0.352 e. The second kappa shape index (κ2) is 6.18. The topological polar surface area (TPSA) is 27.6 Å². The number of nitrogens with zero attached hydrogens (tertiary/aromatic N) is 2. The molecule has 1 N–H and O–H groups in total. The quantitative estimate of drug-likeness (QED) is 0.829. The third-order valence-electron chi connectivity index (χ3n) is 2.75. The van der Waals surface area contributed by atoms with Gasteiger partial charge in [-0.15, -0.1) is 24.0 Å². The van der Waals surface area contributed by atoms with Gasteiger partial charge in [0.05, 0.1) is 6.54 Å². The van der Waals surface area contributed by atoms with Gasteiger partial charge in [0.1, 0.15) is 5.82 Å². The maximum absolute atomic E-state index is 13.3. The monoisotopic (exact) mass is 349 g/mol. The Hall–Kier alpha value is -0.850. The molecule has 0 atom stereocenters. The first kappa shape index (κ1) is 14.2. The van der Waals surface area contributed by atoms with Gasteiger partial charge in [0, 0.05) is 20.1 Å². The van der Waals surface area contributed by atoms with Crippen molar-refractivity contribution in [3.63, 3.8) is 0 Å². The van der Waals surface area contributed by atoms with Gasteiger partial charge in [-0.2, -0.15) is 0 Å². The Morgan fingerprint density at radius 1 is 1.47 bits per heavy atom. The second-order valence-corrected chi connectivity index (χ2v) is 4.06. The Kier molecular flexibility index (Phi) is 5.17. The molecule has 1 aliphatic heterocycles. The van der Waals surface area contributed by atoms with Gasteiger partial charge in [0.25, 0.3) is 0 Å². The summed E-state index contributed by atoms with van der Waals surface area (Å²) in [4.78, 5) is 6.37. The van der Waals surface area contributed by atoms with Crippen molar-refractivity contribution in [1.82, 2.24) is 10.2 Å². The summed E-state index contributed by atoms with van der Waals surface area (Å²) >= 11 is 0. The molecule has 0 aliphatic carbocycles. The van der Waals surface area contributed by atoms with Crippen LogP contribution in [0.4, 0.5) is 4.39 Å². The number of rotatable bonds is 2. The Morgan fingerprint density at radius 3 is 2.82 bits per heavy atom. The minimum absolute atomic E-state index is 0. The van der Waals surface area contributed by atoms with Gasteiger partial charge in [-0.1, -0.05) is 12.1 Å². The lowest BCUT2D eigenvalue weighted by molar-refractivity contribution is 0.533. The maximum Gasteiger partial charge on any atom is 0.194 e. The molecular formula is C12H17FIN3. The van der Waals surface area contributed by atoms with Crippen LogP contribution in [-0.2, 0) is 6.54 Å². The maximum atomic E-state index is 13.3. The Balaban J connectivity index is 0.00000144. The summed E-state index contributed by atoms with van der Waals surface area (Å²) in [5, 5.41) is 3.20. The second-order valence-electron chi connectivity index (χ2n) is 4.06. The number of nitrogens with one attached hydrogen (secondary N) is 1. The van der Waals surface area contributed by atoms with Crippen molar-refractivity contribution in [1.29, 1.82) is 0 Å². The number of halogens is 2. The first-order chi connectivity index (χ1) is 7.66. The fourth-order valence-corrected chi connectivity index (χ4v) is 1.65. The van der Waals surface area contributed by atoms with Crippen LogP contribution in [0.25, 0.3) is 0 Å². The molecule has 0 aromatic heterocycles. The first-order valence-electron chi connectivity index (χ1n) is 5.41. The highest BCUT2D eigenvalue weighted by Crippen LogP contribution is 2.09. The lowest BCUT2D eigenvalue weighted by Crippen LogP contribution is -2.35. The molecular weight excluding hydrogens is 332 g/mol. The number of hydrogen-bond acceptors (Lipinski definition) is 3. The molecule has 0 saturated carbocycles. The Morgan fingerprint density at radius 2 is 2.24 bits per heavy atom. The number of aliphatic imine (C=N–C) groups is 1. The minimum atomic E-state index is -0.152. The van der Waals surface area contributed by atoms with Crippen molar-refractivity contribution in [3.05, 3.63) is 35.1 Å². The van der Waals surface area contributed by atoms with Crippen molar-refractivity contribution < 1.29 is 4.39 Å². The molecule has 2 rings (SSSR count). The third kappa shape index (κ3) is 3.55. The van der Waals surface area contributed by atoms with Crippen LogP contribution in [0, 0.1) is 12.7 Å². The predicted molar refractivity (Wildman–Crippen MR) is 78.3 cm³/mol. The highest BCUT2D eigenvalue weighted by atomic mass is 127. The van der Waals surface area contributed by atoms with Crippen LogP contribution in [0.3, 0.4) is 0 Å². The van der Waals surface area contributed by atoms with E-state index >= 15 is 0 Å². The molecule has 0 fully saturated rings. The molecule has 3 nitrogen and oxygen atoms in total. The molecule has 1 aliphatic rings. The zero-order valence-corrected chi connectivity index (χ0v) is 12.4. The van der Waals surface area contributed by atoms with Gasteiger partial charge < -0.3 is 10.2 Å². The van der Waals surface area contributed by atoms with Gasteiger partial charge in [-0.3, -0.25) is 4.99 Å². The van der Waals surface area contributed by atoms with Gasteiger partial charge in [0.2, 0.25) is 0 Å². The fourth-order valence-electron chi connectivity index (χ4n) is 1.65. The molecule has 1 aromatic carbocycles. The molecule has 0 unspecified atom stereocenters. The first-order valence-corrected chi connectivity index (χ1v) is 5.41. The van der Waals surface area contributed by atoms with Crippen LogP contribution in [0.5, 0.6) is 0 Å². The average Bonchev–Trinajstić information content (AvgIpc) is 2.66. The zero-order valence-electron chi connectivity index (χ0n) is 10.0. The van der Waals surface area contributed by atoms with Crippen molar-refractivity contribution in [2.75, 3.05) is 20.1 Å². The van der Waals surface area contributed by atoms with Crippen LogP contribution in [0.15, 0.2) is 23.2 Å². The van der Waals surface area contributed by atoms with E-state index in [1.165, 1.54) is 0 Å². The van der Waals surface area contributed by atoms with Gasteiger partial charge in [0.15, 0.2) is 5.96 Å². The molecule has 17 heavy (non-hydrogen) atoms. The predicted octanol–water partition coefficient (Wildman–Crippen LogP) is 2.14. The molecule has 5 heteroatoms. The summed E-state index contributed by atoms with van der Waals surface area (Å²) in [6.45, 7) is 4.16. The Bertz CT molecular complexity index is 420. The van der Waals surface area contributed by atoms with Crippen molar-refractivity contribution in [2.45, 2.75) is 13.5 Å². The highest BCUT2D eigenvalue weighted by molar-refractivity contribution is 14.0. The summed E-state index contributed by atoms with van der Waals surface area (Å²) in [5.41, 5.74) is 1.62. The van der Waals surface area contributed by atoms with E-state index in [-0.39, 0.29) is 29.8 Å². The number of hydrogen-bond donors (Lipinski definition) is 1.